The summed E-state index contributed by atoms with van der Waals surface area (Å²) in [6.45, 7) is 2.21. The minimum Gasteiger partial charge on any atom is -0.477 e. The smallest absolute Gasteiger partial charge is 0.359 e. The van der Waals surface area contributed by atoms with Crippen LogP contribution in [0.15, 0.2) is 52.5 Å². The maximum Gasteiger partial charge on any atom is 0.359 e. The predicted molar refractivity (Wildman–Crippen MR) is 108 cm³/mol. The molecule has 0 aliphatic carbocycles. The number of carbonyl (C=O) groups excluding carboxylic acids is 1. The van der Waals surface area contributed by atoms with E-state index in [2.05, 4.69) is 15.9 Å². The molecule has 5 nitrogen and oxygen atoms in total. The molecule has 2 aromatic carbocycles. The van der Waals surface area contributed by atoms with Gasteiger partial charge < -0.3 is 9.84 Å². The first kappa shape index (κ1) is 20.4. The van der Waals surface area contributed by atoms with Crippen LogP contribution in [0.2, 0.25) is 0 Å². The lowest BCUT2D eigenvalue weighted by Gasteiger charge is -2.39. The molecule has 0 fully saturated rings. The molecule has 0 spiro atoms. The van der Waals surface area contributed by atoms with Crippen LogP contribution in [0.1, 0.15) is 18.1 Å². The average Bonchev–Trinajstić information content (AvgIpc) is 2.64. The quantitative estimate of drug-likeness (QED) is 0.532. The number of hydrogen-bond donors (Lipinski definition) is 1. The first-order chi connectivity index (χ1) is 13.3. The SMILES string of the molecule is COCC[N+]1(Cc2cccc(F)c2)C(=O)C(C(=O)O)=C(C)c2ccc(Br)cc21. The Labute approximate surface area is 170 Å². The number of nitrogens with zero attached hydrogens (tertiary/aromatic N) is 1. The van der Waals surface area contributed by atoms with E-state index < -0.39 is 17.7 Å². The van der Waals surface area contributed by atoms with E-state index in [0.717, 1.165) is 4.47 Å². The lowest BCUT2D eigenvalue weighted by Crippen LogP contribution is -2.58. The summed E-state index contributed by atoms with van der Waals surface area (Å²) in [5.41, 5.74) is 2.13. The van der Waals surface area contributed by atoms with Crippen molar-refractivity contribution >= 4 is 39.1 Å². The Bertz CT molecular complexity index is 988. The number of ether oxygens (including phenoxy) is 1. The van der Waals surface area contributed by atoms with Crippen molar-refractivity contribution < 1.29 is 23.8 Å². The molecule has 1 amide bonds. The fraction of sp³-hybridized carbons (Fsp3) is 0.238. The van der Waals surface area contributed by atoms with Crippen LogP contribution in [0.5, 0.6) is 0 Å². The van der Waals surface area contributed by atoms with Crippen LogP contribution < -0.4 is 4.48 Å². The molecule has 0 saturated carbocycles. The number of aliphatic carboxylic acids is 1. The van der Waals surface area contributed by atoms with Crippen molar-refractivity contribution in [2.75, 3.05) is 20.3 Å². The van der Waals surface area contributed by atoms with Crippen molar-refractivity contribution in [2.45, 2.75) is 13.5 Å². The van der Waals surface area contributed by atoms with Gasteiger partial charge in [-0.2, -0.15) is 0 Å². The Kier molecular flexibility index (Phi) is 5.79. The Morgan fingerprint density at radius 1 is 1.25 bits per heavy atom. The molecule has 146 valence electrons. The Morgan fingerprint density at radius 2 is 2.00 bits per heavy atom. The number of allylic oxidation sites excluding steroid dienone is 1. The Balaban J connectivity index is 2.29. The van der Waals surface area contributed by atoms with Gasteiger partial charge in [0.2, 0.25) is 0 Å². The van der Waals surface area contributed by atoms with Crippen LogP contribution in [0.3, 0.4) is 0 Å². The fourth-order valence-corrected chi connectivity index (χ4v) is 4.05. The van der Waals surface area contributed by atoms with E-state index in [-0.39, 0.29) is 29.8 Å². The van der Waals surface area contributed by atoms with Crippen LogP contribution in [0.4, 0.5) is 10.1 Å². The van der Waals surface area contributed by atoms with Gasteiger partial charge in [0.1, 0.15) is 24.6 Å². The molecule has 1 heterocycles. The predicted octanol–water partition coefficient (Wildman–Crippen LogP) is 4.14. The van der Waals surface area contributed by atoms with Gasteiger partial charge in [-0.3, -0.25) is 0 Å². The molecule has 1 N–H and O–H groups in total. The highest BCUT2D eigenvalue weighted by Crippen LogP contribution is 2.43. The maximum atomic E-state index is 13.8. The Morgan fingerprint density at radius 3 is 2.64 bits per heavy atom. The molecular weight excluding hydrogens is 429 g/mol. The molecule has 3 rings (SSSR count). The monoisotopic (exact) mass is 448 g/mol. The van der Waals surface area contributed by atoms with Crippen LogP contribution >= 0.6 is 15.9 Å². The number of quaternary nitrogens is 1. The molecule has 1 unspecified atom stereocenters. The Hall–Kier alpha value is -2.35. The molecule has 7 heteroatoms. The number of carbonyl (C=O) groups is 2. The third-order valence-electron chi connectivity index (χ3n) is 5.04. The highest BCUT2D eigenvalue weighted by molar-refractivity contribution is 9.10. The molecule has 0 radical (unpaired) electrons. The molecule has 1 atom stereocenters. The first-order valence-electron chi connectivity index (χ1n) is 8.70. The van der Waals surface area contributed by atoms with E-state index in [0.29, 0.717) is 22.4 Å². The van der Waals surface area contributed by atoms with Crippen molar-refractivity contribution in [1.29, 1.82) is 0 Å². The summed E-state index contributed by atoms with van der Waals surface area (Å²) in [5.74, 6) is -2.21. The first-order valence-corrected chi connectivity index (χ1v) is 9.49. The fourth-order valence-electron chi connectivity index (χ4n) is 3.70. The second-order valence-corrected chi connectivity index (χ2v) is 7.66. The van der Waals surface area contributed by atoms with Crippen molar-refractivity contribution in [1.82, 2.24) is 4.48 Å². The number of fused-ring (bicyclic) bond motifs is 1. The van der Waals surface area contributed by atoms with E-state index in [1.165, 1.54) is 19.2 Å². The minimum atomic E-state index is -1.27. The molecule has 0 aromatic heterocycles. The van der Waals surface area contributed by atoms with Crippen molar-refractivity contribution in [3.05, 3.63) is 69.5 Å². The normalized spacial score (nSPS) is 18.9. The molecule has 1 aliphatic heterocycles. The number of amides is 1. The van der Waals surface area contributed by atoms with Gasteiger partial charge >= 0.3 is 11.9 Å². The largest absolute Gasteiger partial charge is 0.477 e. The third kappa shape index (κ3) is 3.53. The average molecular weight is 449 g/mol. The second-order valence-electron chi connectivity index (χ2n) is 6.74. The van der Waals surface area contributed by atoms with Crippen LogP contribution in [0.25, 0.3) is 5.57 Å². The van der Waals surface area contributed by atoms with Crippen LogP contribution in [-0.2, 0) is 20.9 Å². The summed E-state index contributed by atoms with van der Waals surface area (Å²) in [7, 11) is 1.52. The lowest BCUT2D eigenvalue weighted by molar-refractivity contribution is -0.137. The number of benzene rings is 2. The number of carboxylic acids is 1. The number of halogens is 2. The summed E-state index contributed by atoms with van der Waals surface area (Å²) < 4.78 is 19.5. The van der Waals surface area contributed by atoms with Gasteiger partial charge in [-0.1, -0.05) is 28.1 Å². The van der Waals surface area contributed by atoms with Crippen molar-refractivity contribution in [3.63, 3.8) is 0 Å². The van der Waals surface area contributed by atoms with Gasteiger partial charge in [0.25, 0.3) is 0 Å². The standard InChI is InChI=1S/C21H19BrFNO4/c1-13-17-7-6-15(22)11-18(17)24(8-9-28-2,20(25)19(13)21(26)27)12-14-4-3-5-16(23)10-14/h3-7,10-11H,8-9,12H2,1-2H3/p+1. The van der Waals surface area contributed by atoms with Gasteiger partial charge in [0, 0.05) is 28.8 Å². The maximum absolute atomic E-state index is 13.8. The van der Waals surface area contributed by atoms with E-state index in [1.54, 1.807) is 25.1 Å². The minimum absolute atomic E-state index is 0.119. The second kappa shape index (κ2) is 7.95. The van der Waals surface area contributed by atoms with Gasteiger partial charge in [-0.25, -0.2) is 18.5 Å². The summed E-state index contributed by atoms with van der Waals surface area (Å²) in [6.07, 6.45) is 0. The zero-order chi connectivity index (χ0) is 20.5. The number of carboxylic acid groups (broad SMARTS) is 1. The van der Waals surface area contributed by atoms with Crippen LogP contribution in [-0.4, -0.2) is 37.2 Å². The van der Waals surface area contributed by atoms with Crippen molar-refractivity contribution in [3.8, 4) is 0 Å². The van der Waals surface area contributed by atoms with E-state index in [1.807, 2.05) is 12.1 Å². The van der Waals surface area contributed by atoms with Crippen molar-refractivity contribution in [2.24, 2.45) is 0 Å². The zero-order valence-electron chi connectivity index (χ0n) is 15.5. The highest BCUT2D eigenvalue weighted by Gasteiger charge is 2.49. The molecule has 2 aromatic rings. The molecule has 0 saturated heterocycles. The summed E-state index contributed by atoms with van der Waals surface area (Å²) >= 11 is 3.45. The van der Waals surface area contributed by atoms with Crippen LogP contribution in [0, 0.1) is 5.82 Å². The molecule has 1 aliphatic rings. The van der Waals surface area contributed by atoms with Gasteiger partial charge in [-0.05, 0) is 36.8 Å². The topological polar surface area (TPSA) is 63.6 Å². The summed E-state index contributed by atoms with van der Waals surface area (Å²) in [5, 5.41) is 9.74. The molecular formula is C21H20BrFNO4+. The van der Waals surface area contributed by atoms with Gasteiger partial charge in [0.05, 0.1) is 6.61 Å². The number of rotatable bonds is 6. The van der Waals surface area contributed by atoms with Gasteiger partial charge in [0.15, 0.2) is 5.57 Å². The molecule has 28 heavy (non-hydrogen) atoms. The van der Waals surface area contributed by atoms with E-state index >= 15 is 0 Å². The number of methoxy groups -OCH3 is 1. The van der Waals surface area contributed by atoms with E-state index in [4.69, 9.17) is 4.74 Å². The number of hydrogen-bond acceptors (Lipinski definition) is 3. The van der Waals surface area contributed by atoms with Gasteiger partial charge in [-0.15, -0.1) is 0 Å². The summed E-state index contributed by atoms with van der Waals surface area (Å²) in [6, 6.07) is 11.4. The highest BCUT2D eigenvalue weighted by atomic mass is 79.9. The lowest BCUT2D eigenvalue weighted by atomic mass is 9.90. The third-order valence-corrected chi connectivity index (χ3v) is 5.53. The zero-order valence-corrected chi connectivity index (χ0v) is 17.1. The summed E-state index contributed by atoms with van der Waals surface area (Å²) in [4.78, 5) is 25.5. The van der Waals surface area contributed by atoms with E-state index in [9.17, 15) is 19.1 Å². The molecule has 0 bridgehead atoms.